The number of pyridine rings is 1. The maximum atomic E-state index is 13.1. The van der Waals surface area contributed by atoms with Crippen molar-refractivity contribution in [3.8, 4) is 17.2 Å². The molecule has 2 heterocycles. The van der Waals surface area contributed by atoms with Crippen LogP contribution < -0.4 is 15.4 Å². The number of nitrogens with one attached hydrogen (secondary N) is 2. The molecule has 39 heavy (non-hydrogen) atoms. The molecule has 1 fully saturated rings. The molecule has 9 heteroatoms. The second-order valence-electron chi connectivity index (χ2n) is 9.60. The topological polar surface area (TPSA) is 98.1 Å². The van der Waals surface area contributed by atoms with Crippen LogP contribution in [0, 0.1) is 18.2 Å². The highest BCUT2D eigenvalue weighted by atomic mass is 19.1. The van der Waals surface area contributed by atoms with Crippen LogP contribution in [0.25, 0.3) is 16.6 Å². The first-order valence-corrected chi connectivity index (χ1v) is 12.5. The molecular weight excluding hydrogens is 497 g/mol. The molecule has 194 valence electrons. The van der Waals surface area contributed by atoms with Crippen molar-refractivity contribution in [2.45, 2.75) is 19.8 Å². The van der Waals surface area contributed by atoms with E-state index in [-0.39, 0.29) is 5.91 Å². The average Bonchev–Trinajstić information content (AvgIpc) is 3.65. The van der Waals surface area contributed by atoms with Crippen LogP contribution in [0.15, 0.2) is 91.4 Å². The van der Waals surface area contributed by atoms with Gasteiger partial charge in [-0.25, -0.2) is 9.07 Å². The maximum Gasteiger partial charge on any atom is 0.240 e. The van der Waals surface area contributed by atoms with E-state index in [0.717, 1.165) is 22.2 Å². The third-order valence-corrected chi connectivity index (χ3v) is 6.72. The number of aryl methyl sites for hydroxylation is 1. The quantitative estimate of drug-likeness (QED) is 0.255. The average molecular weight is 522 g/mol. The van der Waals surface area contributed by atoms with Gasteiger partial charge in [0.1, 0.15) is 22.7 Å². The zero-order chi connectivity index (χ0) is 27.0. The summed E-state index contributed by atoms with van der Waals surface area (Å²) >= 11 is 0. The first-order valence-electron chi connectivity index (χ1n) is 12.5. The normalized spacial score (nSPS) is 13.6. The number of amides is 2. The minimum Gasteiger partial charge on any atom is -0.457 e. The van der Waals surface area contributed by atoms with Crippen molar-refractivity contribution in [3.63, 3.8) is 0 Å². The Hall–Kier alpha value is -5.05. The molecule has 1 saturated carbocycles. The molecule has 6 rings (SSSR count). The number of hydrogen-bond acceptors (Lipinski definition) is 5. The molecule has 1 aliphatic carbocycles. The van der Waals surface area contributed by atoms with Crippen LogP contribution in [0.5, 0.6) is 11.5 Å². The predicted octanol–water partition coefficient (Wildman–Crippen LogP) is 6.02. The number of rotatable bonds is 7. The Balaban J connectivity index is 1.13. The van der Waals surface area contributed by atoms with Crippen molar-refractivity contribution >= 4 is 34.1 Å². The summed E-state index contributed by atoms with van der Waals surface area (Å²) in [6, 6.07) is 20.1. The summed E-state index contributed by atoms with van der Waals surface area (Å²) in [5, 5.41) is 10.7. The van der Waals surface area contributed by atoms with E-state index in [1.54, 1.807) is 47.4 Å². The zero-order valence-corrected chi connectivity index (χ0v) is 21.0. The fourth-order valence-corrected chi connectivity index (χ4v) is 4.35. The van der Waals surface area contributed by atoms with E-state index in [1.807, 2.05) is 31.3 Å². The molecule has 2 amide bonds. The lowest BCUT2D eigenvalue weighted by Crippen LogP contribution is -2.35. The van der Waals surface area contributed by atoms with Crippen LogP contribution in [0.1, 0.15) is 18.4 Å². The van der Waals surface area contributed by atoms with Gasteiger partial charge in [0, 0.05) is 29.2 Å². The number of hydrogen-bond donors (Lipinski definition) is 2. The fraction of sp³-hybridized carbons (Fsp3) is 0.133. The Labute approximate surface area is 223 Å². The fourth-order valence-electron chi connectivity index (χ4n) is 4.35. The highest BCUT2D eigenvalue weighted by Gasteiger charge is 2.56. The molecule has 0 saturated heterocycles. The largest absolute Gasteiger partial charge is 0.457 e. The molecule has 0 bridgehead atoms. The maximum absolute atomic E-state index is 13.1. The van der Waals surface area contributed by atoms with Gasteiger partial charge < -0.3 is 15.4 Å². The second kappa shape index (κ2) is 9.68. The SMILES string of the molecule is Cc1cnn(-c2ccc3c(Oc4ccc(NC(=O)C5(C(=O)Nc6ccc(F)cc6)CC5)cc4)ccnc3c2)c1. The number of benzene rings is 3. The first-order chi connectivity index (χ1) is 18.9. The van der Waals surface area contributed by atoms with E-state index in [0.29, 0.717) is 35.7 Å². The van der Waals surface area contributed by atoms with E-state index in [1.165, 1.54) is 24.3 Å². The van der Waals surface area contributed by atoms with Crippen molar-refractivity contribution in [1.82, 2.24) is 14.8 Å². The summed E-state index contributed by atoms with van der Waals surface area (Å²) in [4.78, 5) is 30.2. The van der Waals surface area contributed by atoms with Crippen molar-refractivity contribution in [1.29, 1.82) is 0 Å². The summed E-state index contributed by atoms with van der Waals surface area (Å²) < 4.78 is 21.1. The summed E-state index contributed by atoms with van der Waals surface area (Å²) in [5.74, 6) is 0.0592. The Morgan fingerprint density at radius 3 is 2.21 bits per heavy atom. The van der Waals surface area contributed by atoms with Gasteiger partial charge in [-0.1, -0.05) is 0 Å². The van der Waals surface area contributed by atoms with Crippen molar-refractivity contribution in [3.05, 3.63) is 103 Å². The number of anilines is 2. The number of halogens is 1. The van der Waals surface area contributed by atoms with Gasteiger partial charge in [-0.05, 0) is 98.1 Å². The van der Waals surface area contributed by atoms with Gasteiger partial charge in [0.2, 0.25) is 11.8 Å². The van der Waals surface area contributed by atoms with Gasteiger partial charge in [0.05, 0.1) is 17.4 Å². The van der Waals surface area contributed by atoms with E-state index < -0.39 is 17.1 Å². The van der Waals surface area contributed by atoms with Gasteiger partial charge in [-0.2, -0.15) is 5.10 Å². The predicted molar refractivity (Wildman–Crippen MR) is 145 cm³/mol. The lowest BCUT2D eigenvalue weighted by Gasteiger charge is -2.16. The lowest BCUT2D eigenvalue weighted by atomic mass is 10.0. The Bertz CT molecular complexity index is 1690. The van der Waals surface area contributed by atoms with Crippen molar-refractivity contribution in [2.24, 2.45) is 5.41 Å². The Morgan fingerprint density at radius 1 is 0.923 bits per heavy atom. The van der Waals surface area contributed by atoms with Gasteiger partial charge in [-0.3, -0.25) is 14.6 Å². The number of fused-ring (bicyclic) bond motifs is 1. The third-order valence-electron chi connectivity index (χ3n) is 6.72. The smallest absolute Gasteiger partial charge is 0.240 e. The summed E-state index contributed by atoms with van der Waals surface area (Å²) in [6.07, 6.45) is 6.34. The first kappa shape index (κ1) is 24.3. The monoisotopic (exact) mass is 521 g/mol. The van der Waals surface area contributed by atoms with E-state index in [4.69, 9.17) is 4.74 Å². The third kappa shape index (κ3) is 4.94. The summed E-state index contributed by atoms with van der Waals surface area (Å²) in [5.41, 5.74) is 2.61. The summed E-state index contributed by atoms with van der Waals surface area (Å²) in [6.45, 7) is 1.99. The highest BCUT2D eigenvalue weighted by Crippen LogP contribution is 2.47. The molecule has 0 atom stereocenters. The molecular formula is C30H24FN5O3. The molecule has 2 aromatic heterocycles. The van der Waals surface area contributed by atoms with Crippen LogP contribution in [-0.4, -0.2) is 26.6 Å². The standard InChI is InChI=1S/C30H24FN5O3/c1-19-17-33-36(18-19)23-8-11-25-26(16-23)32-15-12-27(25)39-24-9-6-22(7-10-24)35-29(38)30(13-14-30)28(37)34-21-4-2-20(31)3-5-21/h2-12,15-18H,13-14H2,1H3,(H,34,37)(H,35,38). The minimum atomic E-state index is -1.13. The van der Waals surface area contributed by atoms with E-state index >= 15 is 0 Å². The highest BCUT2D eigenvalue weighted by molar-refractivity contribution is 6.16. The lowest BCUT2D eigenvalue weighted by molar-refractivity contribution is -0.131. The van der Waals surface area contributed by atoms with Gasteiger partial charge in [0.15, 0.2) is 0 Å². The van der Waals surface area contributed by atoms with E-state index in [2.05, 4.69) is 20.7 Å². The van der Waals surface area contributed by atoms with Crippen LogP contribution in [-0.2, 0) is 9.59 Å². The number of ether oxygens (including phenoxy) is 1. The van der Waals surface area contributed by atoms with Crippen LogP contribution in [0.3, 0.4) is 0 Å². The Morgan fingerprint density at radius 2 is 1.59 bits per heavy atom. The van der Waals surface area contributed by atoms with Crippen LogP contribution in [0.2, 0.25) is 0 Å². The molecule has 1 aliphatic rings. The van der Waals surface area contributed by atoms with Crippen molar-refractivity contribution < 1.29 is 18.7 Å². The number of nitrogens with zero attached hydrogens (tertiary/aromatic N) is 3. The van der Waals surface area contributed by atoms with Gasteiger partial charge in [-0.15, -0.1) is 0 Å². The molecule has 0 radical (unpaired) electrons. The number of aromatic nitrogens is 3. The minimum absolute atomic E-state index is 0.376. The van der Waals surface area contributed by atoms with E-state index in [9.17, 15) is 14.0 Å². The molecule has 3 aromatic carbocycles. The zero-order valence-electron chi connectivity index (χ0n) is 21.0. The van der Waals surface area contributed by atoms with Crippen LogP contribution in [0.4, 0.5) is 15.8 Å². The molecule has 5 aromatic rings. The second-order valence-corrected chi connectivity index (χ2v) is 9.60. The Kier molecular flexibility index (Phi) is 6.03. The van der Waals surface area contributed by atoms with Crippen molar-refractivity contribution in [2.75, 3.05) is 10.6 Å². The molecule has 0 aliphatic heterocycles. The number of carbonyl (C=O) groups excluding carboxylic acids is 2. The molecule has 2 N–H and O–H groups in total. The molecule has 8 nitrogen and oxygen atoms in total. The number of carbonyl (C=O) groups is 2. The molecule has 0 spiro atoms. The van der Waals surface area contributed by atoms with Gasteiger partial charge in [0.25, 0.3) is 0 Å². The summed E-state index contributed by atoms with van der Waals surface area (Å²) in [7, 11) is 0. The van der Waals surface area contributed by atoms with Crippen LogP contribution >= 0.6 is 0 Å². The van der Waals surface area contributed by atoms with Gasteiger partial charge >= 0.3 is 0 Å². The molecule has 0 unspecified atom stereocenters.